The van der Waals surface area contributed by atoms with Gasteiger partial charge in [0.1, 0.15) is 5.75 Å². The standard InChI is InChI=1S/C23H30N2O3.ClH/c1-16(2)18-6-8-20(9-7-18)22(24)15-25-23(27)5-4-14-28-21-12-10-19(11-13-21)17(3)26;/h6-13,16,22H,4-5,14-15,24H2,1-3H3,(H,25,27);1H. The summed E-state index contributed by atoms with van der Waals surface area (Å²) < 4.78 is 5.60. The lowest BCUT2D eigenvalue weighted by molar-refractivity contribution is -0.121. The first-order chi connectivity index (χ1) is 13.4. The van der Waals surface area contributed by atoms with Gasteiger partial charge in [-0.05, 0) is 54.7 Å². The van der Waals surface area contributed by atoms with Crippen molar-refractivity contribution in [2.45, 2.75) is 45.6 Å². The van der Waals surface area contributed by atoms with Crippen LogP contribution in [-0.2, 0) is 4.79 Å². The highest BCUT2D eigenvalue weighted by atomic mass is 35.5. The molecule has 0 fully saturated rings. The van der Waals surface area contributed by atoms with Crippen molar-refractivity contribution in [3.05, 3.63) is 65.2 Å². The summed E-state index contributed by atoms with van der Waals surface area (Å²) in [5.74, 6) is 1.17. The van der Waals surface area contributed by atoms with Crippen LogP contribution in [0, 0.1) is 0 Å². The summed E-state index contributed by atoms with van der Waals surface area (Å²) in [5.41, 5.74) is 9.11. The maximum atomic E-state index is 12.0. The Hall–Kier alpha value is -2.37. The zero-order valence-electron chi connectivity index (χ0n) is 17.3. The predicted molar refractivity (Wildman–Crippen MR) is 119 cm³/mol. The molecule has 0 bridgehead atoms. The van der Waals surface area contributed by atoms with Crippen molar-refractivity contribution in [3.8, 4) is 5.75 Å². The van der Waals surface area contributed by atoms with Crippen LogP contribution in [0.2, 0.25) is 0 Å². The van der Waals surface area contributed by atoms with E-state index in [4.69, 9.17) is 10.5 Å². The molecular weight excluding hydrogens is 388 g/mol. The summed E-state index contributed by atoms with van der Waals surface area (Å²) in [5, 5.41) is 2.88. The molecule has 0 aromatic heterocycles. The van der Waals surface area contributed by atoms with Gasteiger partial charge in [-0.25, -0.2) is 0 Å². The second-order valence-electron chi connectivity index (χ2n) is 7.26. The van der Waals surface area contributed by atoms with E-state index in [1.165, 1.54) is 12.5 Å². The molecule has 3 N–H and O–H groups in total. The molecule has 6 heteroatoms. The van der Waals surface area contributed by atoms with E-state index in [2.05, 4.69) is 31.3 Å². The number of nitrogens with one attached hydrogen (secondary N) is 1. The van der Waals surface area contributed by atoms with Crippen molar-refractivity contribution < 1.29 is 14.3 Å². The lowest BCUT2D eigenvalue weighted by Gasteiger charge is -2.14. The Balaban J connectivity index is 0.00000420. The summed E-state index contributed by atoms with van der Waals surface area (Å²) >= 11 is 0. The van der Waals surface area contributed by atoms with E-state index in [1.807, 2.05) is 12.1 Å². The molecule has 0 saturated heterocycles. The van der Waals surface area contributed by atoms with Crippen LogP contribution in [0.5, 0.6) is 5.75 Å². The maximum absolute atomic E-state index is 12.0. The minimum atomic E-state index is -0.221. The molecule has 1 unspecified atom stereocenters. The minimum absolute atomic E-state index is 0. The van der Waals surface area contributed by atoms with Crippen LogP contribution in [0.25, 0.3) is 0 Å². The molecule has 0 spiro atoms. The fourth-order valence-corrected chi connectivity index (χ4v) is 2.77. The van der Waals surface area contributed by atoms with Gasteiger partial charge in [-0.15, -0.1) is 12.4 Å². The molecule has 2 aromatic carbocycles. The van der Waals surface area contributed by atoms with Crippen LogP contribution in [0.3, 0.4) is 0 Å². The van der Waals surface area contributed by atoms with Gasteiger partial charge in [-0.3, -0.25) is 9.59 Å². The Kier molecular flexibility index (Phi) is 10.4. The molecule has 0 aliphatic rings. The first-order valence-corrected chi connectivity index (χ1v) is 9.72. The van der Waals surface area contributed by atoms with E-state index in [0.717, 1.165) is 5.56 Å². The number of nitrogens with two attached hydrogens (primary N) is 1. The summed E-state index contributed by atoms with van der Waals surface area (Å²) in [6, 6.07) is 15.0. The number of hydrogen-bond donors (Lipinski definition) is 2. The van der Waals surface area contributed by atoms with Crippen LogP contribution in [0.1, 0.15) is 67.1 Å². The molecule has 0 saturated carbocycles. The summed E-state index contributed by atoms with van der Waals surface area (Å²) in [6.07, 6.45) is 0.989. The first kappa shape index (κ1) is 24.7. The number of ketones is 1. The second kappa shape index (κ2) is 12.2. The third-order valence-electron chi connectivity index (χ3n) is 4.63. The van der Waals surface area contributed by atoms with Crippen LogP contribution < -0.4 is 15.8 Å². The molecule has 0 aliphatic heterocycles. The summed E-state index contributed by atoms with van der Waals surface area (Å²) in [4.78, 5) is 23.2. The van der Waals surface area contributed by atoms with E-state index in [9.17, 15) is 9.59 Å². The molecule has 0 radical (unpaired) electrons. The van der Waals surface area contributed by atoms with Crippen molar-refractivity contribution in [1.82, 2.24) is 5.32 Å². The SMILES string of the molecule is CC(=O)c1ccc(OCCCC(=O)NCC(N)c2ccc(C(C)C)cc2)cc1.Cl. The van der Waals surface area contributed by atoms with Crippen LogP contribution >= 0.6 is 12.4 Å². The highest BCUT2D eigenvalue weighted by Crippen LogP contribution is 2.17. The largest absolute Gasteiger partial charge is 0.494 e. The van der Waals surface area contributed by atoms with Gasteiger partial charge in [-0.2, -0.15) is 0 Å². The van der Waals surface area contributed by atoms with E-state index in [1.54, 1.807) is 24.3 Å². The van der Waals surface area contributed by atoms with E-state index < -0.39 is 0 Å². The molecule has 29 heavy (non-hydrogen) atoms. The summed E-state index contributed by atoms with van der Waals surface area (Å²) in [7, 11) is 0. The Morgan fingerprint density at radius 1 is 1.00 bits per heavy atom. The lowest BCUT2D eigenvalue weighted by Crippen LogP contribution is -2.31. The molecule has 5 nitrogen and oxygen atoms in total. The molecule has 0 aliphatic carbocycles. The average Bonchev–Trinajstić information content (AvgIpc) is 2.69. The van der Waals surface area contributed by atoms with Gasteiger partial charge >= 0.3 is 0 Å². The van der Waals surface area contributed by atoms with Crippen molar-refractivity contribution in [3.63, 3.8) is 0 Å². The number of benzene rings is 2. The Morgan fingerprint density at radius 3 is 2.14 bits per heavy atom. The fraction of sp³-hybridized carbons (Fsp3) is 0.391. The third kappa shape index (κ3) is 8.26. The number of carbonyl (C=O) groups excluding carboxylic acids is 2. The first-order valence-electron chi connectivity index (χ1n) is 9.72. The van der Waals surface area contributed by atoms with Crippen molar-refractivity contribution >= 4 is 24.1 Å². The zero-order chi connectivity index (χ0) is 20.5. The zero-order valence-corrected chi connectivity index (χ0v) is 18.1. The quantitative estimate of drug-likeness (QED) is 0.442. The van der Waals surface area contributed by atoms with Gasteiger partial charge in [-0.1, -0.05) is 38.1 Å². The number of carbonyl (C=O) groups is 2. The second-order valence-corrected chi connectivity index (χ2v) is 7.26. The predicted octanol–water partition coefficient (Wildman–Crippen LogP) is 4.41. The van der Waals surface area contributed by atoms with Crippen LogP contribution in [0.4, 0.5) is 0 Å². The topological polar surface area (TPSA) is 81.4 Å². The Bertz CT molecular complexity index is 774. The lowest BCUT2D eigenvalue weighted by atomic mass is 9.99. The maximum Gasteiger partial charge on any atom is 0.220 e. The van der Waals surface area contributed by atoms with Gasteiger partial charge in [0.2, 0.25) is 5.91 Å². The van der Waals surface area contributed by atoms with E-state index >= 15 is 0 Å². The molecule has 1 atom stereocenters. The molecule has 1 amide bonds. The van der Waals surface area contributed by atoms with Crippen molar-refractivity contribution in [1.29, 1.82) is 0 Å². The Morgan fingerprint density at radius 2 is 1.59 bits per heavy atom. The number of hydrogen-bond acceptors (Lipinski definition) is 4. The van der Waals surface area contributed by atoms with Gasteiger partial charge in [0.05, 0.1) is 6.61 Å². The Labute approximate surface area is 179 Å². The van der Waals surface area contributed by atoms with Gasteiger partial charge in [0.25, 0.3) is 0 Å². The number of Topliss-reactive ketones (excluding diaryl/α,β-unsaturated/α-hetero) is 1. The number of amides is 1. The number of rotatable bonds is 10. The highest BCUT2D eigenvalue weighted by molar-refractivity contribution is 5.94. The van der Waals surface area contributed by atoms with Gasteiger partial charge in [0.15, 0.2) is 5.78 Å². The molecule has 2 aromatic rings. The average molecular weight is 419 g/mol. The van der Waals surface area contributed by atoms with Gasteiger partial charge < -0.3 is 15.8 Å². The van der Waals surface area contributed by atoms with Crippen LogP contribution in [-0.4, -0.2) is 24.8 Å². The molecule has 158 valence electrons. The summed E-state index contributed by atoms with van der Waals surface area (Å²) in [6.45, 7) is 6.68. The highest BCUT2D eigenvalue weighted by Gasteiger charge is 2.09. The van der Waals surface area contributed by atoms with E-state index in [0.29, 0.717) is 43.2 Å². The monoisotopic (exact) mass is 418 g/mol. The van der Waals surface area contributed by atoms with Crippen LogP contribution in [0.15, 0.2) is 48.5 Å². The van der Waals surface area contributed by atoms with Crippen molar-refractivity contribution in [2.75, 3.05) is 13.2 Å². The minimum Gasteiger partial charge on any atom is -0.494 e. The van der Waals surface area contributed by atoms with E-state index in [-0.39, 0.29) is 30.1 Å². The normalized spacial score (nSPS) is 11.5. The fourth-order valence-electron chi connectivity index (χ4n) is 2.77. The third-order valence-corrected chi connectivity index (χ3v) is 4.63. The molecule has 2 rings (SSSR count). The molecular formula is C23H31ClN2O3. The molecule has 0 heterocycles. The number of halogens is 1. The van der Waals surface area contributed by atoms with Gasteiger partial charge in [0, 0.05) is 24.6 Å². The smallest absolute Gasteiger partial charge is 0.220 e. The number of ether oxygens (including phenoxy) is 1. The van der Waals surface area contributed by atoms with Crippen molar-refractivity contribution in [2.24, 2.45) is 5.73 Å².